The summed E-state index contributed by atoms with van der Waals surface area (Å²) in [7, 11) is 0. The van der Waals surface area contributed by atoms with Crippen molar-refractivity contribution >= 4 is 16.8 Å². The Hall–Kier alpha value is -2.01. The monoisotopic (exact) mass is 353 g/mol. The summed E-state index contributed by atoms with van der Waals surface area (Å²) in [5, 5.41) is 3.87. The van der Waals surface area contributed by atoms with E-state index < -0.39 is 0 Å². The van der Waals surface area contributed by atoms with Gasteiger partial charge in [0.1, 0.15) is 5.82 Å². The molecule has 4 nitrogen and oxygen atoms in total. The number of nitrogens with zero attached hydrogens (tertiary/aromatic N) is 1. The van der Waals surface area contributed by atoms with Crippen LogP contribution in [0.3, 0.4) is 0 Å². The van der Waals surface area contributed by atoms with Gasteiger partial charge in [0.2, 0.25) is 0 Å². The molecule has 5 heteroatoms. The second-order valence-electron chi connectivity index (χ2n) is 8.36. The highest BCUT2D eigenvalue weighted by atomic mass is 19.1. The molecule has 1 amide bonds. The van der Waals surface area contributed by atoms with Crippen molar-refractivity contribution in [1.29, 1.82) is 0 Å². The van der Waals surface area contributed by atoms with E-state index in [1.165, 1.54) is 12.1 Å². The summed E-state index contributed by atoms with van der Waals surface area (Å²) in [4.78, 5) is 17.8. The molecule has 3 aliphatic carbocycles. The smallest absolute Gasteiger partial charge is 0.252 e. The molecule has 1 aromatic heterocycles. The third kappa shape index (κ3) is 2.78. The van der Waals surface area contributed by atoms with E-state index in [1.807, 2.05) is 6.07 Å². The third-order valence-electron chi connectivity index (χ3n) is 6.46. The van der Waals surface area contributed by atoms with Gasteiger partial charge in [-0.15, -0.1) is 0 Å². The Morgan fingerprint density at radius 1 is 1.12 bits per heavy atom. The Morgan fingerprint density at radius 3 is 2.54 bits per heavy atom. The van der Waals surface area contributed by atoms with Crippen molar-refractivity contribution in [2.45, 2.75) is 56.5 Å². The van der Waals surface area contributed by atoms with E-state index in [0.29, 0.717) is 34.2 Å². The van der Waals surface area contributed by atoms with Crippen molar-refractivity contribution in [1.82, 2.24) is 10.3 Å². The lowest BCUT2D eigenvalue weighted by Gasteiger charge is -2.34. The number of rotatable bonds is 3. The van der Waals surface area contributed by atoms with Gasteiger partial charge >= 0.3 is 0 Å². The Kier molecular flexibility index (Phi) is 3.74. The molecular weight excluding hydrogens is 329 g/mol. The highest BCUT2D eigenvalue weighted by Crippen LogP contribution is 2.43. The van der Waals surface area contributed by atoms with Gasteiger partial charge in [-0.25, -0.2) is 4.39 Å². The number of carbonyl (C=O) groups is 1. The fraction of sp³-hybridized carbons (Fsp3) is 0.524. The lowest BCUT2D eigenvalue weighted by molar-refractivity contribution is 0.0897. The maximum Gasteiger partial charge on any atom is 0.252 e. The van der Waals surface area contributed by atoms with E-state index in [4.69, 9.17) is 5.73 Å². The Balaban J connectivity index is 1.49. The minimum Gasteiger partial charge on any atom is -0.349 e. The van der Waals surface area contributed by atoms with Crippen LogP contribution in [-0.2, 0) is 0 Å². The van der Waals surface area contributed by atoms with Crippen LogP contribution < -0.4 is 11.1 Å². The predicted molar refractivity (Wildman–Crippen MR) is 98.4 cm³/mol. The molecular formula is C21H24FN3O. The second-order valence-corrected chi connectivity index (χ2v) is 8.36. The second kappa shape index (κ2) is 6.02. The topological polar surface area (TPSA) is 68.0 Å². The van der Waals surface area contributed by atoms with Crippen LogP contribution in [-0.4, -0.2) is 23.0 Å². The van der Waals surface area contributed by atoms with E-state index >= 15 is 0 Å². The number of nitrogens with two attached hydrogens (primary N) is 1. The third-order valence-corrected chi connectivity index (χ3v) is 6.46. The molecule has 3 fully saturated rings. The molecule has 2 unspecified atom stereocenters. The zero-order valence-electron chi connectivity index (χ0n) is 14.7. The van der Waals surface area contributed by atoms with Crippen molar-refractivity contribution in [3.63, 3.8) is 0 Å². The van der Waals surface area contributed by atoms with Crippen LogP contribution in [0.1, 0.15) is 60.5 Å². The molecule has 2 bridgehead atoms. The molecule has 0 spiro atoms. The van der Waals surface area contributed by atoms with Crippen molar-refractivity contribution in [3.05, 3.63) is 41.3 Å². The molecule has 3 N–H and O–H groups in total. The van der Waals surface area contributed by atoms with Crippen molar-refractivity contribution in [3.8, 4) is 0 Å². The highest BCUT2D eigenvalue weighted by Gasteiger charge is 2.42. The number of aromatic nitrogens is 1. The van der Waals surface area contributed by atoms with Crippen LogP contribution >= 0.6 is 0 Å². The van der Waals surface area contributed by atoms with Crippen molar-refractivity contribution < 1.29 is 9.18 Å². The van der Waals surface area contributed by atoms with Crippen LogP contribution in [0.25, 0.3) is 10.9 Å². The van der Waals surface area contributed by atoms with Crippen molar-refractivity contribution in [2.24, 2.45) is 17.6 Å². The maximum absolute atomic E-state index is 13.8. The predicted octanol–water partition coefficient (Wildman–Crippen LogP) is 3.50. The summed E-state index contributed by atoms with van der Waals surface area (Å²) in [6.45, 7) is 0. The summed E-state index contributed by atoms with van der Waals surface area (Å²) in [6.07, 6.45) is 6.49. The number of fused-ring (bicyclic) bond motifs is 3. The number of halogens is 1. The first-order valence-electron chi connectivity index (χ1n) is 9.75. The summed E-state index contributed by atoms with van der Waals surface area (Å²) < 4.78 is 13.8. The largest absolute Gasteiger partial charge is 0.349 e. The Bertz CT molecular complexity index is 865. The van der Waals surface area contributed by atoms with Gasteiger partial charge in [0.15, 0.2) is 0 Å². The number of benzene rings is 1. The van der Waals surface area contributed by atoms with E-state index in [9.17, 15) is 9.18 Å². The normalized spacial score (nSPS) is 30.5. The van der Waals surface area contributed by atoms with Gasteiger partial charge in [0.05, 0.1) is 11.1 Å². The fourth-order valence-corrected chi connectivity index (χ4v) is 5.03. The van der Waals surface area contributed by atoms with Gasteiger partial charge in [0, 0.05) is 29.1 Å². The Labute approximate surface area is 152 Å². The molecule has 2 aromatic rings. The summed E-state index contributed by atoms with van der Waals surface area (Å²) in [5.74, 6) is 0.958. The van der Waals surface area contributed by atoms with Gasteiger partial charge in [-0.2, -0.15) is 0 Å². The lowest BCUT2D eigenvalue weighted by atomic mass is 9.81. The van der Waals surface area contributed by atoms with E-state index in [0.717, 1.165) is 44.2 Å². The molecule has 1 heterocycles. The van der Waals surface area contributed by atoms with Gasteiger partial charge < -0.3 is 11.1 Å². The van der Waals surface area contributed by atoms with Crippen LogP contribution in [0.15, 0.2) is 24.3 Å². The molecule has 26 heavy (non-hydrogen) atoms. The van der Waals surface area contributed by atoms with E-state index in [-0.39, 0.29) is 23.8 Å². The Morgan fingerprint density at radius 2 is 1.85 bits per heavy atom. The zero-order chi connectivity index (χ0) is 17.8. The quantitative estimate of drug-likeness (QED) is 0.887. The molecule has 1 aromatic carbocycles. The molecule has 0 radical (unpaired) electrons. The average molecular weight is 353 g/mol. The van der Waals surface area contributed by atoms with Crippen LogP contribution in [0.5, 0.6) is 0 Å². The van der Waals surface area contributed by atoms with Crippen LogP contribution in [0.2, 0.25) is 0 Å². The fourth-order valence-electron chi connectivity index (χ4n) is 5.03. The zero-order valence-corrected chi connectivity index (χ0v) is 14.7. The number of amides is 1. The van der Waals surface area contributed by atoms with Gasteiger partial charge in [-0.05, 0) is 74.6 Å². The number of nitrogens with one attached hydrogen (secondary N) is 1. The number of pyridine rings is 1. The standard InChI is InChI=1S/C21H24FN3O/c22-14-5-6-18-16(9-14)17(10-19(24-18)11-1-2-11)21(26)25-20-12-3-4-13(20)8-15(23)7-12/h5-6,9-13,15,20H,1-4,7-8,23H2,(H,25,26). The van der Waals surface area contributed by atoms with E-state index in [2.05, 4.69) is 10.3 Å². The van der Waals surface area contributed by atoms with Gasteiger partial charge in [-0.1, -0.05) is 0 Å². The van der Waals surface area contributed by atoms with Crippen LogP contribution in [0.4, 0.5) is 4.39 Å². The first kappa shape index (κ1) is 16.2. The molecule has 5 rings (SSSR count). The molecule has 136 valence electrons. The summed E-state index contributed by atoms with van der Waals surface area (Å²) >= 11 is 0. The minimum absolute atomic E-state index is 0.0951. The average Bonchev–Trinajstić information content (AvgIpc) is 3.42. The first-order valence-corrected chi connectivity index (χ1v) is 9.75. The first-order chi connectivity index (χ1) is 12.6. The number of hydrogen-bond acceptors (Lipinski definition) is 3. The molecule has 0 saturated heterocycles. The van der Waals surface area contributed by atoms with Gasteiger partial charge in [0.25, 0.3) is 5.91 Å². The maximum atomic E-state index is 13.8. The lowest BCUT2D eigenvalue weighted by Crippen LogP contribution is -2.48. The highest BCUT2D eigenvalue weighted by molar-refractivity contribution is 6.06. The number of hydrogen-bond donors (Lipinski definition) is 2. The van der Waals surface area contributed by atoms with E-state index in [1.54, 1.807) is 6.07 Å². The molecule has 3 aliphatic rings. The summed E-state index contributed by atoms with van der Waals surface area (Å²) in [5.41, 5.74) is 8.37. The SMILES string of the molecule is NC1CC2CCC(C1)C2NC(=O)c1cc(C2CC2)nc2ccc(F)cc12. The minimum atomic E-state index is -0.337. The summed E-state index contributed by atoms with van der Waals surface area (Å²) in [6, 6.07) is 6.86. The molecule has 0 aliphatic heterocycles. The van der Waals surface area contributed by atoms with Crippen molar-refractivity contribution in [2.75, 3.05) is 0 Å². The number of carbonyl (C=O) groups excluding carboxylic acids is 1. The van der Waals surface area contributed by atoms with Gasteiger partial charge in [-0.3, -0.25) is 9.78 Å². The molecule has 3 saturated carbocycles. The van der Waals surface area contributed by atoms with Crippen LogP contribution in [0, 0.1) is 17.7 Å². The molecule has 2 atom stereocenters.